The van der Waals surface area contributed by atoms with Crippen LogP contribution in [0.25, 0.3) is 22.3 Å². The third-order valence-corrected chi connectivity index (χ3v) is 6.80. The summed E-state index contributed by atoms with van der Waals surface area (Å²) in [4.78, 5) is 60.1. The molecule has 0 aliphatic carbocycles. The van der Waals surface area contributed by atoms with Crippen LogP contribution in [-0.4, -0.2) is 129 Å². The maximum Gasteiger partial charge on any atom is 0.221 e. The minimum absolute atomic E-state index is 0.0350. The first-order chi connectivity index (χ1) is 23.3. The lowest BCUT2D eigenvalue weighted by molar-refractivity contribution is -0.122. The van der Waals surface area contributed by atoms with Crippen molar-refractivity contribution in [2.24, 2.45) is 0 Å². The van der Waals surface area contributed by atoms with Gasteiger partial charge >= 0.3 is 0 Å². The number of ether oxygens (including phenoxy) is 2. The molecule has 0 fully saturated rings. The summed E-state index contributed by atoms with van der Waals surface area (Å²) in [5.41, 5.74) is 13.8. The van der Waals surface area contributed by atoms with Gasteiger partial charge in [0.05, 0.1) is 39.1 Å². The molecule has 48 heavy (non-hydrogen) atoms. The van der Waals surface area contributed by atoms with Crippen LogP contribution in [0, 0.1) is 0 Å². The van der Waals surface area contributed by atoms with E-state index in [-0.39, 0.29) is 11.8 Å². The molecular formula is C29H46N14O5. The molecule has 0 bridgehead atoms. The topological polar surface area (TPSA) is 248 Å². The molecule has 0 aromatic carbocycles. The molecule has 0 radical (unpaired) electrons. The zero-order valence-electron chi connectivity index (χ0n) is 27.5. The minimum Gasteiger partial charge on any atom is -0.382 e. The highest BCUT2D eigenvalue weighted by atomic mass is 16.5. The van der Waals surface area contributed by atoms with Crippen LogP contribution in [0.1, 0.15) is 25.7 Å². The number of hydrogen-bond acceptors (Lipinski definition) is 14. The van der Waals surface area contributed by atoms with Crippen molar-refractivity contribution in [1.29, 1.82) is 0 Å². The van der Waals surface area contributed by atoms with Crippen molar-refractivity contribution in [3.63, 3.8) is 0 Å². The van der Waals surface area contributed by atoms with Gasteiger partial charge in [0.1, 0.15) is 23.7 Å². The lowest BCUT2D eigenvalue weighted by atomic mass is 10.3. The number of likely N-dealkylation sites (N-methyl/N-ethyl adjacent to an activating group) is 1. The lowest BCUT2D eigenvalue weighted by Gasteiger charge is -2.10. The van der Waals surface area contributed by atoms with E-state index in [1.54, 1.807) is 21.8 Å². The molecule has 19 heteroatoms. The third-order valence-electron chi connectivity index (χ3n) is 6.80. The second-order valence-corrected chi connectivity index (χ2v) is 10.7. The second kappa shape index (κ2) is 21.0. The SMILES string of the molecule is CN(C)CCOCCOCCNC(=O)CCn1cnc2c(N)ncnc21.Nc1ncnc2c1ncn2CCC(=O)NCCCCNC=O. The molecule has 4 aromatic rings. The molecule has 0 unspecified atom stereocenters. The van der Waals surface area contributed by atoms with Crippen LogP contribution in [0.15, 0.2) is 25.3 Å². The number of unbranched alkanes of at least 4 members (excludes halogenated alkanes) is 1. The van der Waals surface area contributed by atoms with E-state index < -0.39 is 0 Å². The van der Waals surface area contributed by atoms with Crippen molar-refractivity contribution in [2.75, 3.05) is 78.2 Å². The number of amides is 3. The summed E-state index contributed by atoms with van der Waals surface area (Å²) in [6, 6.07) is 0. The Labute approximate surface area is 278 Å². The molecule has 0 aliphatic rings. The predicted octanol–water partition coefficient (Wildman–Crippen LogP) is -1.05. The van der Waals surface area contributed by atoms with E-state index in [2.05, 4.69) is 50.8 Å². The zero-order valence-corrected chi connectivity index (χ0v) is 27.5. The van der Waals surface area contributed by atoms with Gasteiger partial charge in [0, 0.05) is 52.1 Å². The highest BCUT2D eigenvalue weighted by Gasteiger charge is 2.10. The smallest absolute Gasteiger partial charge is 0.221 e. The zero-order chi connectivity index (χ0) is 34.6. The Morgan fingerprint density at radius 3 is 1.81 bits per heavy atom. The predicted molar refractivity (Wildman–Crippen MR) is 178 cm³/mol. The number of rotatable bonds is 21. The van der Waals surface area contributed by atoms with E-state index in [0.29, 0.717) is 112 Å². The summed E-state index contributed by atoms with van der Waals surface area (Å²) in [6.07, 6.45) is 8.97. The van der Waals surface area contributed by atoms with E-state index in [4.69, 9.17) is 20.9 Å². The fourth-order valence-corrected chi connectivity index (χ4v) is 4.22. The van der Waals surface area contributed by atoms with Gasteiger partial charge in [0.2, 0.25) is 18.2 Å². The van der Waals surface area contributed by atoms with Crippen molar-refractivity contribution >= 4 is 52.2 Å². The molecule has 19 nitrogen and oxygen atoms in total. The monoisotopic (exact) mass is 670 g/mol. The normalized spacial score (nSPS) is 11.0. The maximum atomic E-state index is 11.9. The molecule has 0 atom stereocenters. The summed E-state index contributed by atoms with van der Waals surface area (Å²) in [6.45, 7) is 5.75. The van der Waals surface area contributed by atoms with Crippen LogP contribution in [0.4, 0.5) is 11.6 Å². The van der Waals surface area contributed by atoms with Crippen LogP contribution in [0.2, 0.25) is 0 Å². The Hall–Kier alpha value is -5.01. The molecule has 0 saturated heterocycles. The molecule has 4 heterocycles. The first kappa shape index (κ1) is 37.4. The van der Waals surface area contributed by atoms with Gasteiger partial charge in [-0.1, -0.05) is 0 Å². The summed E-state index contributed by atoms with van der Waals surface area (Å²) in [7, 11) is 4.00. The van der Waals surface area contributed by atoms with E-state index in [9.17, 15) is 14.4 Å². The van der Waals surface area contributed by atoms with Crippen LogP contribution in [-0.2, 0) is 36.9 Å². The van der Waals surface area contributed by atoms with Crippen molar-refractivity contribution in [2.45, 2.75) is 38.8 Å². The number of carbonyl (C=O) groups is 3. The van der Waals surface area contributed by atoms with Gasteiger partial charge in [-0.05, 0) is 26.9 Å². The number of nitrogen functional groups attached to an aromatic ring is 2. The molecule has 4 rings (SSSR count). The van der Waals surface area contributed by atoms with Crippen molar-refractivity contribution < 1.29 is 23.9 Å². The van der Waals surface area contributed by atoms with Crippen LogP contribution in [0.5, 0.6) is 0 Å². The van der Waals surface area contributed by atoms with Crippen molar-refractivity contribution in [3.8, 4) is 0 Å². The highest BCUT2D eigenvalue weighted by Crippen LogP contribution is 2.15. The van der Waals surface area contributed by atoms with E-state index in [1.807, 2.05) is 14.1 Å². The van der Waals surface area contributed by atoms with Gasteiger partial charge in [-0.15, -0.1) is 0 Å². The summed E-state index contributed by atoms with van der Waals surface area (Å²) < 4.78 is 14.4. The molecule has 4 aromatic heterocycles. The van der Waals surface area contributed by atoms with Gasteiger partial charge < -0.3 is 50.9 Å². The first-order valence-electron chi connectivity index (χ1n) is 15.6. The minimum atomic E-state index is -0.0558. The number of hydrogen-bond donors (Lipinski definition) is 5. The average molecular weight is 671 g/mol. The molecule has 3 amide bonds. The number of imidazole rings is 2. The molecule has 262 valence electrons. The first-order valence-corrected chi connectivity index (χ1v) is 15.6. The number of aryl methyl sites for hydroxylation is 2. The van der Waals surface area contributed by atoms with Crippen molar-refractivity contribution in [3.05, 3.63) is 25.3 Å². The largest absolute Gasteiger partial charge is 0.382 e. The fraction of sp³-hybridized carbons (Fsp3) is 0.552. The lowest BCUT2D eigenvalue weighted by Crippen LogP contribution is -2.28. The number of nitrogens with zero attached hydrogens (tertiary/aromatic N) is 9. The van der Waals surface area contributed by atoms with Gasteiger partial charge in [0.25, 0.3) is 0 Å². The summed E-state index contributed by atoms with van der Waals surface area (Å²) in [5.74, 6) is 0.574. The van der Waals surface area contributed by atoms with E-state index >= 15 is 0 Å². The Morgan fingerprint density at radius 2 is 1.27 bits per heavy atom. The highest BCUT2D eigenvalue weighted by molar-refractivity contribution is 5.82. The molecule has 7 N–H and O–H groups in total. The summed E-state index contributed by atoms with van der Waals surface area (Å²) >= 11 is 0. The number of fused-ring (bicyclic) bond motifs is 2. The van der Waals surface area contributed by atoms with Crippen molar-refractivity contribution in [1.82, 2.24) is 59.9 Å². The fourth-order valence-electron chi connectivity index (χ4n) is 4.22. The molecule has 0 spiro atoms. The molecule has 0 saturated carbocycles. The number of nitrogens with one attached hydrogen (secondary N) is 3. The number of carbonyl (C=O) groups excluding carboxylic acids is 3. The van der Waals surface area contributed by atoms with E-state index in [0.717, 1.165) is 19.4 Å². The van der Waals surface area contributed by atoms with E-state index in [1.165, 1.54) is 12.7 Å². The van der Waals surface area contributed by atoms with Gasteiger partial charge in [0.15, 0.2) is 22.9 Å². The second-order valence-electron chi connectivity index (χ2n) is 10.7. The summed E-state index contributed by atoms with van der Waals surface area (Å²) in [5, 5.41) is 8.23. The standard InChI is InChI=1S/C16H27N7O3.C13H19N7O2/c1-22(2)6-8-26-10-9-25-7-4-18-13(24)3-5-23-12-21-14-15(17)19-11-20-16(14)23;14-12-11-13(18-7-17-12)20(8-19-11)6-3-10(22)16-5-2-1-4-15-9-21/h11-12H,3-10H2,1-2H3,(H,18,24)(H2,17,19,20);7-9H,1-6H2,(H,15,21)(H,16,22)(H2,14,17,18). The number of anilines is 2. The quantitative estimate of drug-likeness (QED) is 0.0524. The third kappa shape index (κ3) is 13.0. The average Bonchev–Trinajstić information content (AvgIpc) is 3.69. The molecular weight excluding hydrogens is 624 g/mol. The Bertz CT molecular complexity index is 1560. The molecule has 0 aliphatic heterocycles. The van der Waals surface area contributed by atoms with Gasteiger partial charge in [-0.25, -0.2) is 29.9 Å². The Balaban J connectivity index is 0.000000264. The number of nitrogens with two attached hydrogens (primary N) is 2. The van der Waals surface area contributed by atoms with Gasteiger partial charge in [-0.2, -0.15) is 0 Å². The number of aromatic nitrogens is 8. The van der Waals surface area contributed by atoms with Crippen LogP contribution in [0.3, 0.4) is 0 Å². The Kier molecular flexibility index (Phi) is 16.4. The van der Waals surface area contributed by atoms with Crippen LogP contribution >= 0.6 is 0 Å². The van der Waals surface area contributed by atoms with Gasteiger partial charge in [-0.3, -0.25) is 14.4 Å². The maximum absolute atomic E-state index is 11.9. The van der Waals surface area contributed by atoms with Crippen LogP contribution < -0.4 is 27.4 Å². The Morgan fingerprint density at radius 1 is 0.750 bits per heavy atom.